The van der Waals surface area contributed by atoms with Crippen LogP contribution >= 0.6 is 0 Å². The van der Waals surface area contributed by atoms with Crippen molar-refractivity contribution in [2.24, 2.45) is 0 Å². The molecule has 23 heavy (non-hydrogen) atoms. The van der Waals surface area contributed by atoms with Gasteiger partial charge in [-0.1, -0.05) is 24.3 Å². The minimum Gasteiger partial charge on any atom is -0.342 e. The van der Waals surface area contributed by atoms with Crippen LogP contribution in [0.25, 0.3) is 11.1 Å². The van der Waals surface area contributed by atoms with Crippen molar-refractivity contribution in [3.05, 3.63) is 53.3 Å². The summed E-state index contributed by atoms with van der Waals surface area (Å²) in [6, 6.07) is 10.7. The lowest BCUT2D eigenvalue weighted by atomic mass is 9.93. The molecule has 1 amide bonds. The van der Waals surface area contributed by atoms with Crippen LogP contribution in [0, 0.1) is 13.8 Å². The van der Waals surface area contributed by atoms with Gasteiger partial charge in [-0.15, -0.1) is 0 Å². The number of rotatable bonds is 2. The summed E-state index contributed by atoms with van der Waals surface area (Å²) in [5.74, 6) is 0.530. The lowest BCUT2D eigenvalue weighted by Crippen LogP contribution is -2.37. The molecule has 0 aliphatic carbocycles. The highest BCUT2D eigenvalue weighted by Gasteiger charge is 2.23. The summed E-state index contributed by atoms with van der Waals surface area (Å²) in [5.41, 5.74) is 6.12. The molecule has 0 N–H and O–H groups in total. The van der Waals surface area contributed by atoms with Gasteiger partial charge in [-0.2, -0.15) is 0 Å². The first kappa shape index (κ1) is 15.7. The zero-order valence-electron chi connectivity index (χ0n) is 14.2. The van der Waals surface area contributed by atoms with Crippen LogP contribution in [0.3, 0.4) is 0 Å². The number of carbonyl (C=O) groups excluding carboxylic acids is 1. The van der Waals surface area contributed by atoms with Crippen LogP contribution in [0.5, 0.6) is 0 Å². The van der Waals surface area contributed by atoms with Crippen LogP contribution in [0.2, 0.25) is 0 Å². The Hall–Kier alpha value is -2.16. The summed E-state index contributed by atoms with van der Waals surface area (Å²) in [4.78, 5) is 18.2. The van der Waals surface area contributed by atoms with Crippen molar-refractivity contribution in [3.8, 4) is 11.1 Å². The van der Waals surface area contributed by atoms with E-state index in [1.807, 2.05) is 11.1 Å². The van der Waals surface area contributed by atoms with Gasteiger partial charge in [0.1, 0.15) is 0 Å². The normalized spacial score (nSPS) is 18.0. The maximum atomic E-state index is 11.6. The minimum absolute atomic E-state index is 0.168. The number of hydrogen-bond acceptors (Lipinski definition) is 2. The second-order valence-electron chi connectivity index (χ2n) is 6.52. The molecule has 3 nitrogen and oxygen atoms in total. The monoisotopic (exact) mass is 308 g/mol. The molecule has 0 spiro atoms. The number of aryl methyl sites for hydroxylation is 1. The zero-order chi connectivity index (χ0) is 16.4. The number of amides is 1. The summed E-state index contributed by atoms with van der Waals surface area (Å²) < 4.78 is 0. The molecular formula is C20H24N2O. The van der Waals surface area contributed by atoms with Crippen molar-refractivity contribution >= 4 is 5.91 Å². The van der Waals surface area contributed by atoms with Crippen molar-refractivity contribution < 1.29 is 4.79 Å². The molecule has 1 aliphatic rings. The largest absolute Gasteiger partial charge is 0.342 e. The predicted octanol–water partition coefficient (Wildman–Crippen LogP) is 4.09. The van der Waals surface area contributed by atoms with E-state index in [2.05, 4.69) is 44.2 Å². The number of hydrogen-bond donors (Lipinski definition) is 0. The van der Waals surface area contributed by atoms with Crippen LogP contribution < -0.4 is 0 Å². The fraction of sp³-hybridized carbons (Fsp3) is 0.400. The highest BCUT2D eigenvalue weighted by molar-refractivity contribution is 5.73. The molecule has 1 aliphatic heterocycles. The van der Waals surface area contributed by atoms with E-state index in [9.17, 15) is 4.79 Å². The third-order valence-corrected chi connectivity index (χ3v) is 4.99. The molecule has 1 fully saturated rings. The van der Waals surface area contributed by atoms with Crippen LogP contribution in [-0.2, 0) is 4.79 Å². The third-order valence-electron chi connectivity index (χ3n) is 4.99. The maximum absolute atomic E-state index is 11.6. The first-order valence-corrected chi connectivity index (χ1v) is 8.34. The highest BCUT2D eigenvalue weighted by Crippen LogP contribution is 2.29. The first-order chi connectivity index (χ1) is 11.1. The molecule has 3 heteroatoms. The van der Waals surface area contributed by atoms with E-state index in [-0.39, 0.29) is 5.91 Å². The lowest BCUT2D eigenvalue weighted by molar-refractivity contribution is -0.130. The molecule has 2 aromatic rings. The molecule has 1 unspecified atom stereocenters. The number of benzene rings is 1. The highest BCUT2D eigenvalue weighted by atomic mass is 16.2. The molecule has 120 valence electrons. The molecular weight excluding hydrogens is 284 g/mol. The van der Waals surface area contributed by atoms with Crippen molar-refractivity contribution in [3.63, 3.8) is 0 Å². The van der Waals surface area contributed by atoms with Gasteiger partial charge in [0, 0.05) is 43.4 Å². The zero-order valence-corrected chi connectivity index (χ0v) is 14.2. The SMILES string of the molecule is CC(=O)N1CCCC(c2ccc(-c3cccc(C)c3C)cn2)C1. The smallest absolute Gasteiger partial charge is 0.219 e. The molecule has 1 aromatic carbocycles. The van der Waals surface area contributed by atoms with Gasteiger partial charge >= 0.3 is 0 Å². The summed E-state index contributed by atoms with van der Waals surface area (Å²) in [5, 5.41) is 0. The van der Waals surface area contributed by atoms with E-state index in [1.165, 1.54) is 16.7 Å². The molecule has 3 rings (SSSR count). The van der Waals surface area contributed by atoms with Gasteiger partial charge < -0.3 is 4.90 Å². The lowest BCUT2D eigenvalue weighted by Gasteiger charge is -2.31. The topological polar surface area (TPSA) is 33.2 Å². The Bertz CT molecular complexity index is 706. The van der Waals surface area contributed by atoms with Crippen LogP contribution in [0.15, 0.2) is 36.5 Å². The Morgan fingerprint density at radius 3 is 2.74 bits per heavy atom. The predicted molar refractivity (Wildman–Crippen MR) is 93.4 cm³/mol. The maximum Gasteiger partial charge on any atom is 0.219 e. The summed E-state index contributed by atoms with van der Waals surface area (Å²) in [7, 11) is 0. The Morgan fingerprint density at radius 2 is 2.04 bits per heavy atom. The first-order valence-electron chi connectivity index (χ1n) is 8.34. The molecule has 0 saturated carbocycles. The van der Waals surface area contributed by atoms with Crippen molar-refractivity contribution in [1.82, 2.24) is 9.88 Å². The van der Waals surface area contributed by atoms with Gasteiger partial charge in [-0.3, -0.25) is 9.78 Å². The van der Waals surface area contributed by atoms with Crippen LogP contribution in [0.1, 0.15) is 42.5 Å². The van der Waals surface area contributed by atoms with Gasteiger partial charge in [-0.25, -0.2) is 0 Å². The van der Waals surface area contributed by atoms with E-state index in [0.717, 1.165) is 37.2 Å². The van der Waals surface area contributed by atoms with Crippen LogP contribution in [0.4, 0.5) is 0 Å². The van der Waals surface area contributed by atoms with Gasteiger partial charge in [0.05, 0.1) is 0 Å². The Kier molecular flexibility index (Phi) is 4.46. The molecule has 0 bridgehead atoms. The van der Waals surface area contributed by atoms with Crippen molar-refractivity contribution in [2.75, 3.05) is 13.1 Å². The molecule has 1 aromatic heterocycles. The van der Waals surface area contributed by atoms with E-state index in [1.54, 1.807) is 6.92 Å². The van der Waals surface area contributed by atoms with Gasteiger partial charge in [-0.05, 0) is 49.4 Å². The second-order valence-corrected chi connectivity index (χ2v) is 6.52. The summed E-state index contributed by atoms with van der Waals surface area (Å²) in [6.45, 7) is 7.63. The molecule has 0 radical (unpaired) electrons. The van der Waals surface area contributed by atoms with E-state index < -0.39 is 0 Å². The number of piperidine rings is 1. The van der Waals surface area contributed by atoms with Gasteiger partial charge in [0.2, 0.25) is 5.91 Å². The average Bonchev–Trinajstić information content (AvgIpc) is 2.58. The van der Waals surface area contributed by atoms with E-state index in [0.29, 0.717) is 5.92 Å². The summed E-state index contributed by atoms with van der Waals surface area (Å²) in [6.07, 6.45) is 4.15. The standard InChI is InChI=1S/C20H24N2O/c1-14-6-4-8-19(15(14)2)17-9-10-20(21-12-17)18-7-5-11-22(13-18)16(3)23/h4,6,8-10,12,18H,5,7,11,13H2,1-3H3. The molecule has 1 atom stereocenters. The third kappa shape index (κ3) is 3.29. The van der Waals surface area contributed by atoms with Crippen molar-refractivity contribution in [1.29, 1.82) is 0 Å². The molecule has 2 heterocycles. The van der Waals surface area contributed by atoms with Gasteiger partial charge in [0.15, 0.2) is 0 Å². The van der Waals surface area contributed by atoms with E-state index in [4.69, 9.17) is 4.98 Å². The second kappa shape index (κ2) is 6.53. The Balaban J connectivity index is 1.82. The quantitative estimate of drug-likeness (QED) is 0.837. The fourth-order valence-corrected chi connectivity index (χ4v) is 3.37. The van der Waals surface area contributed by atoms with E-state index >= 15 is 0 Å². The number of aromatic nitrogens is 1. The average molecular weight is 308 g/mol. The Morgan fingerprint density at radius 1 is 1.22 bits per heavy atom. The minimum atomic E-state index is 0.168. The van der Waals surface area contributed by atoms with Crippen molar-refractivity contribution in [2.45, 2.75) is 39.5 Å². The van der Waals surface area contributed by atoms with Gasteiger partial charge in [0.25, 0.3) is 0 Å². The summed E-state index contributed by atoms with van der Waals surface area (Å²) >= 11 is 0. The van der Waals surface area contributed by atoms with Crippen LogP contribution in [-0.4, -0.2) is 28.9 Å². The Labute approximate surface area is 138 Å². The fourth-order valence-electron chi connectivity index (χ4n) is 3.37. The number of pyridine rings is 1. The number of carbonyl (C=O) groups is 1. The molecule has 1 saturated heterocycles. The number of likely N-dealkylation sites (tertiary alicyclic amines) is 1. The number of nitrogens with zero attached hydrogens (tertiary/aromatic N) is 2.